The van der Waals surface area contributed by atoms with E-state index < -0.39 is 0 Å². The van der Waals surface area contributed by atoms with Crippen molar-refractivity contribution in [3.05, 3.63) is 28.0 Å². The highest BCUT2D eigenvalue weighted by molar-refractivity contribution is 7.11. The summed E-state index contributed by atoms with van der Waals surface area (Å²) in [5, 5.41) is 17.7. The summed E-state index contributed by atoms with van der Waals surface area (Å²) < 4.78 is 2.24. The van der Waals surface area contributed by atoms with E-state index in [1.165, 1.54) is 25.0 Å². The first-order valence-corrected chi connectivity index (χ1v) is 10.1. The Hall–Kier alpha value is -1.76. The van der Waals surface area contributed by atoms with Gasteiger partial charge in [0.2, 0.25) is 5.91 Å². The molecule has 0 spiro atoms. The highest BCUT2D eigenvalue weighted by atomic mass is 32.1. The van der Waals surface area contributed by atoms with Crippen LogP contribution in [0.1, 0.15) is 60.3 Å². The van der Waals surface area contributed by atoms with E-state index in [2.05, 4.69) is 31.4 Å². The molecule has 3 atom stereocenters. The third-order valence-electron chi connectivity index (χ3n) is 6.52. The molecule has 6 nitrogen and oxygen atoms in total. The molecule has 3 unspecified atom stereocenters. The number of rotatable bonds is 5. The number of aromatic nitrogens is 4. The summed E-state index contributed by atoms with van der Waals surface area (Å²) in [4.78, 5) is 12.9. The molecular formula is C18H23N5OS. The van der Waals surface area contributed by atoms with Crippen molar-refractivity contribution in [1.29, 1.82) is 0 Å². The molecule has 7 heteroatoms. The van der Waals surface area contributed by atoms with Crippen molar-refractivity contribution >= 4 is 17.2 Å². The minimum atomic E-state index is 0.0118. The molecular weight excluding hydrogens is 334 g/mol. The fourth-order valence-corrected chi connectivity index (χ4v) is 5.79. The Kier molecular flexibility index (Phi) is 3.48. The van der Waals surface area contributed by atoms with Gasteiger partial charge in [-0.2, -0.15) is 5.10 Å². The summed E-state index contributed by atoms with van der Waals surface area (Å²) in [5.41, 5.74) is 1.32. The van der Waals surface area contributed by atoms with Crippen LogP contribution < -0.4 is 5.32 Å². The SMILES string of the molecule is Cc1nnc(CNC(=O)C2C3CCC2(c2ccnn2C2CCC2)C3)s1. The van der Waals surface area contributed by atoms with Crippen LogP contribution in [-0.2, 0) is 16.8 Å². The minimum Gasteiger partial charge on any atom is -0.349 e. The predicted molar refractivity (Wildman–Crippen MR) is 94.1 cm³/mol. The summed E-state index contributed by atoms with van der Waals surface area (Å²) in [5.74, 6) is 0.806. The number of amides is 1. The van der Waals surface area contributed by atoms with E-state index in [0.717, 1.165) is 29.3 Å². The van der Waals surface area contributed by atoms with E-state index in [-0.39, 0.29) is 17.2 Å². The van der Waals surface area contributed by atoms with Crippen LogP contribution in [0.25, 0.3) is 0 Å². The largest absolute Gasteiger partial charge is 0.349 e. The number of aryl methyl sites for hydroxylation is 1. The van der Waals surface area contributed by atoms with Crippen LogP contribution in [0.3, 0.4) is 0 Å². The summed E-state index contributed by atoms with van der Waals surface area (Å²) in [6.07, 6.45) is 9.08. The number of hydrogen-bond acceptors (Lipinski definition) is 5. The molecule has 0 aliphatic heterocycles. The average molecular weight is 357 g/mol. The third-order valence-corrected chi connectivity index (χ3v) is 7.36. The molecule has 25 heavy (non-hydrogen) atoms. The molecule has 4 aliphatic carbocycles. The highest BCUT2D eigenvalue weighted by Gasteiger charge is 2.64. The molecule has 2 bridgehead atoms. The van der Waals surface area contributed by atoms with Crippen molar-refractivity contribution in [3.8, 4) is 0 Å². The number of hydrogen-bond donors (Lipinski definition) is 1. The van der Waals surface area contributed by atoms with E-state index >= 15 is 0 Å². The van der Waals surface area contributed by atoms with Crippen molar-refractivity contribution in [2.75, 3.05) is 0 Å². The Morgan fingerprint density at radius 3 is 2.96 bits per heavy atom. The highest BCUT2D eigenvalue weighted by Crippen LogP contribution is 2.64. The van der Waals surface area contributed by atoms with Gasteiger partial charge in [0.1, 0.15) is 10.0 Å². The summed E-state index contributed by atoms with van der Waals surface area (Å²) >= 11 is 1.55. The molecule has 2 heterocycles. The number of fused-ring (bicyclic) bond motifs is 1. The first-order valence-electron chi connectivity index (χ1n) is 9.28. The minimum absolute atomic E-state index is 0.0118. The standard InChI is InChI=1S/C18H23N5OS/c1-11-21-22-15(25-11)10-19-17(24)16-12-5-7-18(16,9-12)14-6-8-20-23(14)13-3-2-4-13/h6,8,12-13,16H,2-5,7,9-10H2,1H3,(H,19,24). The van der Waals surface area contributed by atoms with Gasteiger partial charge in [-0.15, -0.1) is 10.2 Å². The maximum atomic E-state index is 12.9. The van der Waals surface area contributed by atoms with Crippen molar-refractivity contribution in [1.82, 2.24) is 25.3 Å². The maximum absolute atomic E-state index is 12.9. The number of nitrogens with zero attached hydrogens (tertiary/aromatic N) is 4. The molecule has 2 aromatic rings. The van der Waals surface area contributed by atoms with Crippen LogP contribution >= 0.6 is 11.3 Å². The van der Waals surface area contributed by atoms with Gasteiger partial charge in [0, 0.05) is 17.3 Å². The van der Waals surface area contributed by atoms with Gasteiger partial charge in [0.15, 0.2) is 0 Å². The second kappa shape index (κ2) is 5.62. The monoisotopic (exact) mass is 357 g/mol. The predicted octanol–water partition coefficient (Wildman–Crippen LogP) is 2.75. The lowest BCUT2D eigenvalue weighted by Crippen LogP contribution is -2.53. The second-order valence-electron chi connectivity index (χ2n) is 7.82. The zero-order chi connectivity index (χ0) is 17.0. The lowest BCUT2D eigenvalue weighted by Gasteiger charge is -2.47. The molecule has 2 aromatic heterocycles. The zero-order valence-electron chi connectivity index (χ0n) is 14.4. The van der Waals surface area contributed by atoms with Crippen molar-refractivity contribution < 1.29 is 4.79 Å². The van der Waals surface area contributed by atoms with Crippen molar-refractivity contribution in [3.63, 3.8) is 0 Å². The lowest BCUT2D eigenvalue weighted by atomic mass is 9.58. The van der Waals surface area contributed by atoms with Crippen molar-refractivity contribution in [2.24, 2.45) is 11.8 Å². The van der Waals surface area contributed by atoms with E-state index in [4.69, 9.17) is 0 Å². The Morgan fingerprint density at radius 2 is 2.28 bits per heavy atom. The summed E-state index contributed by atoms with van der Waals surface area (Å²) in [7, 11) is 0. The molecule has 4 aliphatic rings. The Morgan fingerprint density at radius 1 is 1.40 bits per heavy atom. The fourth-order valence-electron chi connectivity index (χ4n) is 5.14. The smallest absolute Gasteiger partial charge is 0.224 e. The van der Waals surface area contributed by atoms with Gasteiger partial charge >= 0.3 is 0 Å². The molecule has 0 saturated heterocycles. The quantitative estimate of drug-likeness (QED) is 0.893. The van der Waals surface area contributed by atoms with Gasteiger partial charge in [-0.1, -0.05) is 11.3 Å². The Balaban J connectivity index is 1.35. The van der Waals surface area contributed by atoms with Gasteiger partial charge in [0.25, 0.3) is 0 Å². The topological polar surface area (TPSA) is 72.7 Å². The first kappa shape index (κ1) is 15.5. The second-order valence-corrected chi connectivity index (χ2v) is 9.08. The molecule has 4 saturated carbocycles. The van der Waals surface area contributed by atoms with Crippen LogP contribution in [0.2, 0.25) is 0 Å². The number of carbonyl (C=O) groups excluding carboxylic acids is 1. The van der Waals surface area contributed by atoms with Crippen LogP contribution in [-0.4, -0.2) is 25.9 Å². The Labute approximate surface area is 151 Å². The molecule has 0 aromatic carbocycles. The fraction of sp³-hybridized carbons (Fsp3) is 0.667. The van der Waals surface area contributed by atoms with Crippen molar-refractivity contribution in [2.45, 2.75) is 63.5 Å². The zero-order valence-corrected chi connectivity index (χ0v) is 15.3. The number of nitrogens with one attached hydrogen (secondary N) is 1. The van der Waals surface area contributed by atoms with E-state index in [1.54, 1.807) is 11.3 Å². The Bertz CT molecular complexity index is 806. The normalized spacial score (nSPS) is 30.8. The van der Waals surface area contributed by atoms with Crippen LogP contribution in [0.15, 0.2) is 12.3 Å². The molecule has 6 rings (SSSR count). The molecule has 0 radical (unpaired) electrons. The average Bonchev–Trinajstić information content (AvgIpc) is 3.25. The van der Waals surface area contributed by atoms with Gasteiger partial charge in [-0.05, 0) is 57.4 Å². The molecule has 132 valence electrons. The van der Waals surface area contributed by atoms with Gasteiger partial charge in [0.05, 0.1) is 18.5 Å². The van der Waals surface area contributed by atoms with Gasteiger partial charge < -0.3 is 5.32 Å². The van der Waals surface area contributed by atoms with E-state index in [1.807, 2.05) is 13.1 Å². The first-order chi connectivity index (χ1) is 12.2. The molecule has 1 amide bonds. The van der Waals surface area contributed by atoms with E-state index in [0.29, 0.717) is 18.5 Å². The molecule has 4 fully saturated rings. The van der Waals surface area contributed by atoms with Crippen LogP contribution in [0.5, 0.6) is 0 Å². The summed E-state index contributed by atoms with van der Waals surface area (Å²) in [6, 6.07) is 2.71. The van der Waals surface area contributed by atoms with E-state index in [9.17, 15) is 4.79 Å². The van der Waals surface area contributed by atoms with Gasteiger partial charge in [-0.3, -0.25) is 9.48 Å². The molecule has 1 N–H and O–H groups in total. The van der Waals surface area contributed by atoms with Gasteiger partial charge in [-0.25, -0.2) is 0 Å². The number of carbonyl (C=O) groups is 1. The maximum Gasteiger partial charge on any atom is 0.224 e. The third kappa shape index (κ3) is 2.28. The lowest BCUT2D eigenvalue weighted by molar-refractivity contribution is -0.133. The van der Waals surface area contributed by atoms with Crippen LogP contribution in [0, 0.1) is 18.8 Å². The van der Waals surface area contributed by atoms with Crippen LogP contribution in [0.4, 0.5) is 0 Å². The summed E-state index contributed by atoms with van der Waals surface area (Å²) in [6.45, 7) is 2.43.